The van der Waals surface area contributed by atoms with E-state index in [4.69, 9.17) is 0 Å². The lowest BCUT2D eigenvalue weighted by Crippen LogP contribution is -2.06. The lowest BCUT2D eigenvalue weighted by molar-refractivity contribution is 0.101. The van der Waals surface area contributed by atoms with Crippen molar-refractivity contribution in [3.63, 3.8) is 0 Å². The fourth-order valence-corrected chi connectivity index (χ4v) is 3.62. The predicted octanol–water partition coefficient (Wildman–Crippen LogP) is 3.46. The number of ketones is 2. The number of H-pyrrole nitrogens is 1. The summed E-state index contributed by atoms with van der Waals surface area (Å²) in [6.45, 7) is 5.14. The van der Waals surface area contributed by atoms with Crippen molar-refractivity contribution in [1.29, 1.82) is 0 Å². The number of Topliss-reactive ketones (excluding diaryl/α,β-unsaturated/α-hetero) is 2. The number of pyridine rings is 1. The monoisotopic (exact) mass is 327 g/mol. The van der Waals surface area contributed by atoms with Gasteiger partial charge in [0, 0.05) is 17.5 Å². The number of nitrogens with one attached hydrogen (secondary N) is 1. The Hall–Kier alpha value is -2.34. The number of hydrogen-bond donors (Lipinski definition) is 1. The van der Waals surface area contributed by atoms with Crippen LogP contribution >= 0.6 is 11.8 Å². The first-order valence-electron chi connectivity index (χ1n) is 7.27. The molecule has 0 bridgehead atoms. The Morgan fingerprint density at radius 2 is 2.09 bits per heavy atom. The Morgan fingerprint density at radius 1 is 1.30 bits per heavy atom. The van der Waals surface area contributed by atoms with E-state index in [0.717, 1.165) is 21.9 Å². The first kappa shape index (κ1) is 15.6. The molecular formula is C17H17N3O2S. The number of carbonyl (C=O) groups excluding carboxylic acids is 2. The van der Waals surface area contributed by atoms with Crippen molar-refractivity contribution in [1.82, 2.24) is 14.4 Å². The van der Waals surface area contributed by atoms with Crippen molar-refractivity contribution in [3.8, 4) is 0 Å². The van der Waals surface area contributed by atoms with Gasteiger partial charge in [-0.25, -0.2) is 4.98 Å². The molecule has 0 aromatic carbocycles. The lowest BCUT2D eigenvalue weighted by atomic mass is 10.1. The highest BCUT2D eigenvalue weighted by atomic mass is 32.2. The zero-order valence-electron chi connectivity index (χ0n) is 13.2. The third-order valence-corrected chi connectivity index (χ3v) is 4.77. The average molecular weight is 327 g/mol. The van der Waals surface area contributed by atoms with Crippen molar-refractivity contribution in [2.24, 2.45) is 0 Å². The molecule has 3 rings (SSSR count). The fraction of sp³-hybridized carbons (Fsp3) is 0.235. The van der Waals surface area contributed by atoms with Crippen LogP contribution < -0.4 is 0 Å². The second kappa shape index (κ2) is 6.04. The molecule has 0 unspecified atom stereocenters. The molecule has 3 aromatic heterocycles. The van der Waals surface area contributed by atoms with Crippen LogP contribution in [0.5, 0.6) is 0 Å². The van der Waals surface area contributed by atoms with Gasteiger partial charge in [0.2, 0.25) is 0 Å². The summed E-state index contributed by atoms with van der Waals surface area (Å²) in [5.74, 6) is 0.213. The number of fused-ring (bicyclic) bond motifs is 1. The van der Waals surface area contributed by atoms with E-state index in [0.29, 0.717) is 11.3 Å². The molecule has 0 spiro atoms. The van der Waals surface area contributed by atoms with Crippen molar-refractivity contribution in [3.05, 3.63) is 53.1 Å². The second-order valence-corrected chi connectivity index (χ2v) is 6.37. The maximum atomic E-state index is 12.5. The van der Waals surface area contributed by atoms with E-state index < -0.39 is 0 Å². The highest BCUT2D eigenvalue weighted by Crippen LogP contribution is 2.23. The first-order chi connectivity index (χ1) is 11.0. The van der Waals surface area contributed by atoms with Gasteiger partial charge in [0.1, 0.15) is 0 Å². The number of aromatic nitrogens is 3. The third-order valence-electron chi connectivity index (χ3n) is 3.81. The van der Waals surface area contributed by atoms with E-state index >= 15 is 0 Å². The van der Waals surface area contributed by atoms with Crippen LogP contribution in [0.1, 0.15) is 39.0 Å². The van der Waals surface area contributed by atoms with Crippen LogP contribution in [0, 0.1) is 13.8 Å². The SMILES string of the molecule is CC(=O)c1c(C)[nH]c(C(=O)CSc2ncc3ccccn23)c1C. The Bertz CT molecular complexity index is 908. The summed E-state index contributed by atoms with van der Waals surface area (Å²) in [7, 11) is 0. The van der Waals surface area contributed by atoms with Gasteiger partial charge in [-0.05, 0) is 38.5 Å². The summed E-state index contributed by atoms with van der Waals surface area (Å²) in [6.07, 6.45) is 3.71. The number of aryl methyl sites for hydroxylation is 1. The van der Waals surface area contributed by atoms with Gasteiger partial charge < -0.3 is 4.98 Å². The second-order valence-electron chi connectivity index (χ2n) is 5.43. The number of nitrogens with zero attached hydrogens (tertiary/aromatic N) is 2. The van der Waals surface area contributed by atoms with Crippen LogP contribution in [-0.2, 0) is 0 Å². The van der Waals surface area contributed by atoms with Crippen molar-refractivity contribution >= 4 is 28.8 Å². The third kappa shape index (κ3) is 2.82. The van der Waals surface area contributed by atoms with Gasteiger partial charge in [0.15, 0.2) is 16.7 Å². The number of imidazole rings is 1. The molecule has 0 aliphatic rings. The quantitative estimate of drug-likeness (QED) is 0.576. The maximum absolute atomic E-state index is 12.5. The largest absolute Gasteiger partial charge is 0.355 e. The normalized spacial score (nSPS) is 11.1. The van der Waals surface area contributed by atoms with E-state index in [2.05, 4.69) is 9.97 Å². The minimum Gasteiger partial charge on any atom is -0.355 e. The van der Waals surface area contributed by atoms with Crippen LogP contribution in [0.15, 0.2) is 35.7 Å². The van der Waals surface area contributed by atoms with E-state index in [1.165, 1.54) is 18.7 Å². The highest BCUT2D eigenvalue weighted by molar-refractivity contribution is 7.99. The van der Waals surface area contributed by atoms with E-state index in [1.54, 1.807) is 6.20 Å². The van der Waals surface area contributed by atoms with Gasteiger partial charge in [0.25, 0.3) is 0 Å². The summed E-state index contributed by atoms with van der Waals surface area (Å²) in [5.41, 5.74) is 3.60. The zero-order valence-corrected chi connectivity index (χ0v) is 14.0. The summed E-state index contributed by atoms with van der Waals surface area (Å²) in [5, 5.41) is 0.779. The Balaban J connectivity index is 1.80. The number of rotatable bonds is 5. The molecule has 0 amide bonds. The summed E-state index contributed by atoms with van der Waals surface area (Å²) in [4.78, 5) is 31.5. The smallest absolute Gasteiger partial charge is 0.189 e. The van der Waals surface area contributed by atoms with Crippen LogP contribution in [0.25, 0.3) is 5.52 Å². The molecule has 0 aliphatic carbocycles. The predicted molar refractivity (Wildman–Crippen MR) is 90.5 cm³/mol. The number of carbonyl (C=O) groups is 2. The van der Waals surface area contributed by atoms with Crippen molar-refractivity contribution < 1.29 is 9.59 Å². The molecule has 5 nitrogen and oxygen atoms in total. The Labute approximate surface area is 138 Å². The van der Waals surface area contributed by atoms with Crippen molar-refractivity contribution in [2.75, 3.05) is 5.75 Å². The maximum Gasteiger partial charge on any atom is 0.189 e. The van der Waals surface area contributed by atoms with Gasteiger partial charge >= 0.3 is 0 Å². The number of hydrogen-bond acceptors (Lipinski definition) is 4. The van der Waals surface area contributed by atoms with Gasteiger partial charge in [-0.3, -0.25) is 14.0 Å². The molecule has 23 heavy (non-hydrogen) atoms. The summed E-state index contributed by atoms with van der Waals surface area (Å²) in [6, 6.07) is 5.85. The van der Waals surface area contributed by atoms with E-state index in [-0.39, 0.29) is 17.3 Å². The lowest BCUT2D eigenvalue weighted by Gasteiger charge is -2.02. The molecule has 3 heterocycles. The molecule has 6 heteroatoms. The van der Waals surface area contributed by atoms with Gasteiger partial charge in [-0.2, -0.15) is 0 Å². The molecule has 0 fully saturated rings. The minimum absolute atomic E-state index is 0.0257. The zero-order chi connectivity index (χ0) is 16.6. The van der Waals surface area contributed by atoms with Gasteiger partial charge in [-0.1, -0.05) is 17.8 Å². The van der Waals surface area contributed by atoms with E-state index in [1.807, 2.05) is 42.6 Å². The number of thioether (sulfide) groups is 1. The topological polar surface area (TPSA) is 67.2 Å². The van der Waals surface area contributed by atoms with Crippen LogP contribution in [0.3, 0.4) is 0 Å². The molecule has 0 radical (unpaired) electrons. The van der Waals surface area contributed by atoms with Crippen LogP contribution in [0.2, 0.25) is 0 Å². The Kier molecular flexibility index (Phi) is 4.09. The van der Waals surface area contributed by atoms with Gasteiger partial charge in [0.05, 0.1) is 23.2 Å². The molecule has 0 saturated carbocycles. The van der Waals surface area contributed by atoms with Crippen LogP contribution in [0.4, 0.5) is 0 Å². The minimum atomic E-state index is -0.0317. The molecule has 3 aromatic rings. The average Bonchev–Trinajstić information content (AvgIpc) is 3.05. The standard InChI is InChI=1S/C17H17N3O2S/c1-10-15(12(3)21)11(2)19-16(10)14(22)9-23-17-18-8-13-6-4-5-7-20(13)17/h4-8,19H,9H2,1-3H3. The van der Waals surface area contributed by atoms with E-state index in [9.17, 15) is 9.59 Å². The Morgan fingerprint density at radius 3 is 2.78 bits per heavy atom. The summed E-state index contributed by atoms with van der Waals surface area (Å²) < 4.78 is 1.95. The highest BCUT2D eigenvalue weighted by Gasteiger charge is 2.20. The summed E-state index contributed by atoms with van der Waals surface area (Å²) >= 11 is 1.39. The fourth-order valence-electron chi connectivity index (χ4n) is 2.79. The van der Waals surface area contributed by atoms with Crippen LogP contribution in [-0.4, -0.2) is 31.7 Å². The molecule has 118 valence electrons. The molecule has 0 aliphatic heterocycles. The van der Waals surface area contributed by atoms with Crippen molar-refractivity contribution in [2.45, 2.75) is 25.9 Å². The molecule has 0 saturated heterocycles. The number of aromatic amines is 1. The molecule has 1 N–H and O–H groups in total. The molecular weight excluding hydrogens is 310 g/mol. The molecule has 0 atom stereocenters. The van der Waals surface area contributed by atoms with Gasteiger partial charge in [-0.15, -0.1) is 0 Å². The first-order valence-corrected chi connectivity index (χ1v) is 8.25.